The molecule has 1 fully saturated rings. The highest BCUT2D eigenvalue weighted by atomic mass is 16.5. The van der Waals surface area contributed by atoms with Crippen molar-refractivity contribution < 1.29 is 23.8 Å². The number of nitrogens with zero attached hydrogens (tertiary/aromatic N) is 2. The average molecular weight is 478 g/mol. The number of aromatic nitrogens is 1. The first-order valence-electron chi connectivity index (χ1n) is 12.1. The van der Waals surface area contributed by atoms with E-state index in [9.17, 15) is 9.90 Å². The molecule has 5 rings (SSSR count). The highest BCUT2D eigenvalue weighted by Crippen LogP contribution is 2.40. The molecule has 0 radical (unpaired) electrons. The molecule has 0 aliphatic carbocycles. The van der Waals surface area contributed by atoms with Gasteiger partial charge in [-0.1, -0.05) is 6.08 Å². The van der Waals surface area contributed by atoms with Crippen molar-refractivity contribution in [2.45, 2.75) is 51.8 Å². The maximum Gasteiger partial charge on any atom is 0.335 e. The second-order valence-corrected chi connectivity index (χ2v) is 9.58. The second-order valence-electron chi connectivity index (χ2n) is 9.58. The Labute approximate surface area is 204 Å². The maximum absolute atomic E-state index is 11.4. The third-order valence-electron chi connectivity index (χ3n) is 6.44. The third kappa shape index (κ3) is 4.84. The fourth-order valence-electron chi connectivity index (χ4n) is 4.69. The molecule has 2 N–H and O–H groups in total. The fraction of sp³-hybridized carbons (Fsp3) is 0.407. The highest BCUT2D eigenvalue weighted by Gasteiger charge is 2.29. The molecule has 0 atom stereocenters. The van der Waals surface area contributed by atoms with Crippen LogP contribution in [0.15, 0.2) is 40.8 Å². The molecule has 0 spiro atoms. The number of hydrogen-bond acceptors (Lipinski definition) is 7. The zero-order valence-corrected chi connectivity index (χ0v) is 20.3. The minimum Gasteiger partial charge on any atom is -0.490 e. The summed E-state index contributed by atoms with van der Waals surface area (Å²) in [6.07, 6.45) is 6.06. The van der Waals surface area contributed by atoms with Crippen molar-refractivity contribution in [1.29, 1.82) is 0 Å². The number of anilines is 1. The van der Waals surface area contributed by atoms with Crippen LogP contribution >= 0.6 is 0 Å². The number of aromatic carboxylic acids is 1. The fourth-order valence-corrected chi connectivity index (χ4v) is 4.69. The van der Waals surface area contributed by atoms with Gasteiger partial charge in [0, 0.05) is 18.2 Å². The van der Waals surface area contributed by atoms with Crippen LogP contribution in [-0.4, -0.2) is 47.4 Å². The summed E-state index contributed by atoms with van der Waals surface area (Å²) in [4.78, 5) is 18.3. The summed E-state index contributed by atoms with van der Waals surface area (Å²) in [6.45, 7) is 8.98. The van der Waals surface area contributed by atoms with Crippen LogP contribution in [0.2, 0.25) is 0 Å². The van der Waals surface area contributed by atoms with Gasteiger partial charge in [0.25, 0.3) is 6.01 Å². The zero-order valence-electron chi connectivity index (χ0n) is 20.3. The van der Waals surface area contributed by atoms with Gasteiger partial charge < -0.3 is 29.2 Å². The van der Waals surface area contributed by atoms with Crippen LogP contribution in [0.4, 0.5) is 6.01 Å². The van der Waals surface area contributed by atoms with E-state index < -0.39 is 11.6 Å². The standard InChI is InChI=1S/C27H31N3O5/c1-4-33-23-14-17(13-18-7-10-27(2,3)35-24(18)23)16-30(20-8-11-28-12-9-20)26-29-21-6-5-19(25(31)32)15-22(21)34-26/h5-7,10,13-15,20,28H,4,8-9,11-12,16H2,1-3H3,(H,31,32). The maximum atomic E-state index is 11.4. The number of carboxylic acid groups (broad SMARTS) is 1. The van der Waals surface area contributed by atoms with E-state index in [-0.39, 0.29) is 11.6 Å². The van der Waals surface area contributed by atoms with Gasteiger partial charge >= 0.3 is 5.97 Å². The number of carbonyl (C=O) groups is 1. The summed E-state index contributed by atoms with van der Waals surface area (Å²) < 4.78 is 18.3. The lowest BCUT2D eigenvalue weighted by atomic mass is 9.99. The summed E-state index contributed by atoms with van der Waals surface area (Å²) in [5.74, 6) is 0.502. The van der Waals surface area contributed by atoms with Gasteiger partial charge in [-0.05, 0) is 88.7 Å². The van der Waals surface area contributed by atoms with Crippen molar-refractivity contribution in [3.05, 3.63) is 53.1 Å². The van der Waals surface area contributed by atoms with Crippen LogP contribution in [0.1, 0.15) is 55.1 Å². The van der Waals surface area contributed by atoms with E-state index in [0.717, 1.165) is 48.6 Å². The Hall–Kier alpha value is -3.52. The van der Waals surface area contributed by atoms with E-state index in [1.165, 1.54) is 6.07 Å². The first kappa shape index (κ1) is 23.2. The van der Waals surface area contributed by atoms with E-state index in [1.54, 1.807) is 12.1 Å². The molecular weight excluding hydrogens is 446 g/mol. The molecule has 35 heavy (non-hydrogen) atoms. The number of nitrogens with one attached hydrogen (secondary N) is 1. The molecule has 0 saturated carbocycles. The summed E-state index contributed by atoms with van der Waals surface area (Å²) in [6, 6.07) is 9.68. The van der Waals surface area contributed by atoms with Crippen LogP contribution in [-0.2, 0) is 6.54 Å². The van der Waals surface area contributed by atoms with Crippen LogP contribution in [0, 0.1) is 0 Å². The van der Waals surface area contributed by atoms with Crippen LogP contribution in [0.3, 0.4) is 0 Å². The third-order valence-corrected chi connectivity index (χ3v) is 6.44. The summed E-state index contributed by atoms with van der Waals surface area (Å²) >= 11 is 0. The van der Waals surface area contributed by atoms with Gasteiger partial charge in [0.2, 0.25) is 0 Å². The van der Waals surface area contributed by atoms with Gasteiger partial charge in [-0.2, -0.15) is 4.98 Å². The Bertz CT molecular complexity index is 1270. The lowest BCUT2D eigenvalue weighted by Gasteiger charge is -2.34. The Kier molecular flexibility index (Phi) is 6.15. The van der Waals surface area contributed by atoms with E-state index in [2.05, 4.69) is 28.4 Å². The molecule has 0 bridgehead atoms. The number of piperidine rings is 1. The largest absolute Gasteiger partial charge is 0.490 e. The van der Waals surface area contributed by atoms with E-state index in [1.807, 2.05) is 26.8 Å². The van der Waals surface area contributed by atoms with Gasteiger partial charge in [0.1, 0.15) is 11.1 Å². The average Bonchev–Trinajstić information content (AvgIpc) is 3.26. The number of fused-ring (bicyclic) bond motifs is 2. The van der Waals surface area contributed by atoms with Gasteiger partial charge in [-0.15, -0.1) is 0 Å². The number of rotatable bonds is 7. The topological polar surface area (TPSA) is 97.1 Å². The quantitative estimate of drug-likeness (QED) is 0.498. The number of ether oxygens (including phenoxy) is 2. The van der Waals surface area contributed by atoms with Crippen molar-refractivity contribution in [1.82, 2.24) is 10.3 Å². The molecule has 3 heterocycles. The monoisotopic (exact) mass is 477 g/mol. The van der Waals surface area contributed by atoms with E-state index in [4.69, 9.17) is 18.9 Å². The Balaban J connectivity index is 1.53. The molecule has 3 aromatic rings. The number of oxazole rings is 1. The smallest absolute Gasteiger partial charge is 0.335 e. The molecule has 0 amide bonds. The molecule has 184 valence electrons. The highest BCUT2D eigenvalue weighted by molar-refractivity contribution is 5.92. The van der Waals surface area contributed by atoms with Crippen molar-refractivity contribution in [2.24, 2.45) is 0 Å². The van der Waals surface area contributed by atoms with Crippen LogP contribution < -0.4 is 19.7 Å². The minimum atomic E-state index is -0.990. The van der Waals surface area contributed by atoms with Crippen molar-refractivity contribution in [3.8, 4) is 11.5 Å². The first-order chi connectivity index (χ1) is 16.8. The Morgan fingerprint density at radius 3 is 2.80 bits per heavy atom. The lowest BCUT2D eigenvalue weighted by Crippen LogP contribution is -2.43. The van der Waals surface area contributed by atoms with E-state index in [0.29, 0.717) is 30.3 Å². The minimum absolute atomic E-state index is 0.180. The number of hydrogen-bond donors (Lipinski definition) is 2. The number of benzene rings is 2. The Morgan fingerprint density at radius 2 is 2.06 bits per heavy atom. The van der Waals surface area contributed by atoms with Gasteiger partial charge in [-0.25, -0.2) is 4.79 Å². The molecule has 8 nitrogen and oxygen atoms in total. The predicted octanol–water partition coefficient (Wildman–Crippen LogP) is 4.87. The predicted molar refractivity (Wildman–Crippen MR) is 134 cm³/mol. The second kappa shape index (κ2) is 9.26. The summed E-state index contributed by atoms with van der Waals surface area (Å²) in [5.41, 5.74) is 2.95. The molecule has 1 aromatic heterocycles. The molecule has 8 heteroatoms. The summed E-state index contributed by atoms with van der Waals surface area (Å²) in [5, 5.41) is 12.8. The van der Waals surface area contributed by atoms with Crippen molar-refractivity contribution in [3.63, 3.8) is 0 Å². The van der Waals surface area contributed by atoms with Crippen molar-refractivity contribution in [2.75, 3.05) is 24.6 Å². The summed E-state index contributed by atoms with van der Waals surface area (Å²) in [7, 11) is 0. The SMILES string of the molecule is CCOc1cc(CN(c2nc3ccc(C(=O)O)cc3o2)C2CCNCC2)cc2c1OC(C)(C)C=C2. The van der Waals surface area contributed by atoms with Crippen LogP contribution in [0.5, 0.6) is 11.5 Å². The molecule has 2 aliphatic heterocycles. The van der Waals surface area contributed by atoms with E-state index >= 15 is 0 Å². The van der Waals surface area contributed by atoms with Gasteiger partial charge in [0.15, 0.2) is 17.1 Å². The van der Waals surface area contributed by atoms with Crippen molar-refractivity contribution >= 4 is 29.2 Å². The van der Waals surface area contributed by atoms with Gasteiger partial charge in [-0.3, -0.25) is 0 Å². The molecular formula is C27H31N3O5. The Morgan fingerprint density at radius 1 is 1.26 bits per heavy atom. The molecule has 0 unspecified atom stereocenters. The van der Waals surface area contributed by atoms with Gasteiger partial charge in [0.05, 0.1) is 12.2 Å². The molecule has 2 aromatic carbocycles. The van der Waals surface area contributed by atoms with Crippen LogP contribution in [0.25, 0.3) is 17.2 Å². The molecule has 2 aliphatic rings. The normalized spacial score (nSPS) is 17.1. The molecule has 1 saturated heterocycles. The lowest BCUT2D eigenvalue weighted by molar-refractivity contribution is 0.0697. The first-order valence-corrected chi connectivity index (χ1v) is 12.1. The zero-order chi connectivity index (χ0) is 24.6. The number of carboxylic acids is 1.